The van der Waals surface area contributed by atoms with Gasteiger partial charge in [0.1, 0.15) is 0 Å². The second-order valence-corrected chi connectivity index (χ2v) is 4.08. The second-order valence-electron chi connectivity index (χ2n) is 4.08. The molecule has 0 bridgehead atoms. The molecule has 0 aromatic carbocycles. The van der Waals surface area contributed by atoms with Crippen molar-refractivity contribution in [3.05, 3.63) is 6.42 Å². The van der Waals surface area contributed by atoms with Crippen molar-refractivity contribution in [3.8, 4) is 0 Å². The van der Waals surface area contributed by atoms with E-state index in [-0.39, 0.29) is 11.3 Å². The van der Waals surface area contributed by atoms with Gasteiger partial charge < -0.3 is 4.90 Å². The van der Waals surface area contributed by atoms with Crippen LogP contribution in [0.5, 0.6) is 0 Å². The molecule has 1 aliphatic heterocycles. The summed E-state index contributed by atoms with van der Waals surface area (Å²) < 4.78 is 0. The molecule has 0 aromatic heterocycles. The van der Waals surface area contributed by atoms with Gasteiger partial charge in [-0.3, -0.25) is 4.79 Å². The van der Waals surface area contributed by atoms with Crippen LogP contribution in [-0.4, -0.2) is 23.9 Å². The first-order valence-corrected chi connectivity index (χ1v) is 4.13. The lowest BCUT2D eigenvalue weighted by Gasteiger charge is -2.24. The highest BCUT2D eigenvalue weighted by Crippen LogP contribution is 2.20. The van der Waals surface area contributed by atoms with Crippen LogP contribution in [-0.2, 0) is 4.79 Å². The molecule has 0 atom stereocenters. The van der Waals surface area contributed by atoms with E-state index in [0.29, 0.717) is 0 Å². The second kappa shape index (κ2) is 2.84. The normalized spacial score (nSPS) is 19.0. The van der Waals surface area contributed by atoms with Crippen LogP contribution < -0.4 is 0 Å². The number of rotatable bonds is 0. The fraction of sp³-hybridized carbons (Fsp3) is 0.778. The van der Waals surface area contributed by atoms with Gasteiger partial charge in [-0.25, -0.2) is 0 Å². The number of hydrogen-bond donors (Lipinski definition) is 0. The van der Waals surface area contributed by atoms with E-state index >= 15 is 0 Å². The Hall–Kier alpha value is -0.530. The van der Waals surface area contributed by atoms with E-state index in [2.05, 4.69) is 6.42 Å². The Morgan fingerprint density at radius 2 is 2.09 bits per heavy atom. The fourth-order valence-electron chi connectivity index (χ4n) is 1.24. The van der Waals surface area contributed by atoms with Crippen LogP contribution in [0, 0.1) is 11.8 Å². The predicted molar refractivity (Wildman–Crippen MR) is 45.0 cm³/mol. The Kier molecular flexibility index (Phi) is 2.21. The van der Waals surface area contributed by atoms with Gasteiger partial charge >= 0.3 is 0 Å². The summed E-state index contributed by atoms with van der Waals surface area (Å²) in [5, 5.41) is 0. The van der Waals surface area contributed by atoms with Gasteiger partial charge in [0.25, 0.3) is 0 Å². The number of likely N-dealkylation sites (tertiary alicyclic amines) is 1. The smallest absolute Gasteiger partial charge is 0.227 e. The molecule has 11 heavy (non-hydrogen) atoms. The first kappa shape index (κ1) is 8.57. The van der Waals surface area contributed by atoms with Crippen molar-refractivity contribution in [1.29, 1.82) is 0 Å². The minimum Gasteiger partial charge on any atom is -0.342 e. The number of hydrogen-bond acceptors (Lipinski definition) is 1. The monoisotopic (exact) mass is 154 g/mol. The van der Waals surface area contributed by atoms with E-state index < -0.39 is 0 Å². The molecule has 1 heterocycles. The molecule has 1 fully saturated rings. The summed E-state index contributed by atoms with van der Waals surface area (Å²) in [4.78, 5) is 13.5. The number of nitrogens with zero attached hydrogens (tertiary/aromatic N) is 1. The molecule has 1 aliphatic rings. The highest BCUT2D eigenvalue weighted by atomic mass is 16.2. The van der Waals surface area contributed by atoms with Gasteiger partial charge in [0.05, 0.1) is 0 Å². The molecule has 0 aliphatic carbocycles. The average Bonchev–Trinajstić information content (AvgIpc) is 2.34. The average molecular weight is 154 g/mol. The number of carbonyl (C=O) groups is 1. The van der Waals surface area contributed by atoms with Crippen molar-refractivity contribution < 1.29 is 4.79 Å². The zero-order chi connectivity index (χ0) is 8.48. The van der Waals surface area contributed by atoms with Crippen LogP contribution in [0.25, 0.3) is 0 Å². The Balaban J connectivity index is 2.53. The summed E-state index contributed by atoms with van der Waals surface area (Å²) in [6, 6.07) is 0. The lowest BCUT2D eigenvalue weighted by atomic mass is 9.95. The Labute approximate surface area is 68.6 Å². The molecule has 2 heteroatoms. The zero-order valence-electron chi connectivity index (χ0n) is 7.55. The quantitative estimate of drug-likeness (QED) is 0.517. The Morgan fingerprint density at radius 3 is 2.45 bits per heavy atom. The van der Waals surface area contributed by atoms with Crippen LogP contribution in [0.4, 0.5) is 0 Å². The third kappa shape index (κ3) is 1.95. The van der Waals surface area contributed by atoms with Crippen molar-refractivity contribution in [3.63, 3.8) is 0 Å². The minimum atomic E-state index is -0.210. The van der Waals surface area contributed by atoms with Gasteiger partial charge in [-0.2, -0.15) is 0 Å². The molecule has 0 unspecified atom stereocenters. The summed E-state index contributed by atoms with van der Waals surface area (Å²) in [5.41, 5.74) is -0.210. The first-order chi connectivity index (χ1) is 5.02. The summed E-state index contributed by atoms with van der Waals surface area (Å²) >= 11 is 0. The van der Waals surface area contributed by atoms with Crippen LogP contribution >= 0.6 is 0 Å². The molecule has 0 aromatic rings. The van der Waals surface area contributed by atoms with Crippen molar-refractivity contribution in [2.24, 2.45) is 5.41 Å². The fourth-order valence-corrected chi connectivity index (χ4v) is 1.24. The SMILES string of the molecule is CC(C)(C)C(=O)N1C[CH]CC1. The third-order valence-corrected chi connectivity index (χ3v) is 1.88. The van der Waals surface area contributed by atoms with Crippen LogP contribution in [0.1, 0.15) is 27.2 Å². The van der Waals surface area contributed by atoms with Crippen molar-refractivity contribution in [2.75, 3.05) is 13.1 Å². The van der Waals surface area contributed by atoms with E-state index in [1.165, 1.54) is 0 Å². The van der Waals surface area contributed by atoms with E-state index in [4.69, 9.17) is 0 Å². The first-order valence-electron chi connectivity index (χ1n) is 4.13. The van der Waals surface area contributed by atoms with Gasteiger partial charge in [0.15, 0.2) is 0 Å². The molecule has 1 rings (SSSR count). The summed E-state index contributed by atoms with van der Waals surface area (Å²) in [5.74, 6) is 0.270. The summed E-state index contributed by atoms with van der Waals surface area (Å²) in [6.07, 6.45) is 3.21. The highest BCUT2D eigenvalue weighted by molar-refractivity contribution is 5.81. The Morgan fingerprint density at radius 1 is 1.45 bits per heavy atom. The zero-order valence-corrected chi connectivity index (χ0v) is 7.55. The van der Waals surface area contributed by atoms with Crippen molar-refractivity contribution in [2.45, 2.75) is 27.2 Å². The predicted octanol–water partition coefficient (Wildman–Crippen LogP) is 1.47. The number of carbonyl (C=O) groups excluding carboxylic acids is 1. The lowest BCUT2D eigenvalue weighted by molar-refractivity contribution is -0.138. The van der Waals surface area contributed by atoms with Crippen molar-refractivity contribution in [1.82, 2.24) is 4.90 Å². The largest absolute Gasteiger partial charge is 0.342 e. The lowest BCUT2D eigenvalue weighted by Crippen LogP contribution is -2.37. The minimum absolute atomic E-state index is 0.210. The standard InChI is InChI=1S/C9H16NO/c1-9(2,3)8(11)10-6-4-5-7-10/h4H,5-7H2,1-3H3. The van der Waals surface area contributed by atoms with Gasteiger partial charge in [0.2, 0.25) is 5.91 Å². The molecular formula is C9H16NO. The van der Waals surface area contributed by atoms with E-state index in [9.17, 15) is 4.79 Å². The topological polar surface area (TPSA) is 20.3 Å². The molecule has 0 spiro atoms. The molecule has 0 N–H and O–H groups in total. The molecular weight excluding hydrogens is 138 g/mol. The van der Waals surface area contributed by atoms with Gasteiger partial charge in [0, 0.05) is 18.5 Å². The maximum absolute atomic E-state index is 11.6. The van der Waals surface area contributed by atoms with Crippen LogP contribution in [0.2, 0.25) is 0 Å². The molecule has 0 saturated carbocycles. The molecule has 1 radical (unpaired) electrons. The number of amides is 1. The molecule has 63 valence electrons. The van der Waals surface area contributed by atoms with E-state index in [1.54, 1.807) is 0 Å². The van der Waals surface area contributed by atoms with Gasteiger partial charge in [-0.05, 0) is 12.8 Å². The van der Waals surface area contributed by atoms with E-state index in [0.717, 1.165) is 19.5 Å². The molecule has 1 saturated heterocycles. The van der Waals surface area contributed by atoms with Gasteiger partial charge in [-0.15, -0.1) is 0 Å². The molecule has 2 nitrogen and oxygen atoms in total. The third-order valence-electron chi connectivity index (χ3n) is 1.88. The maximum Gasteiger partial charge on any atom is 0.227 e. The van der Waals surface area contributed by atoms with Crippen molar-refractivity contribution >= 4 is 5.91 Å². The summed E-state index contributed by atoms with van der Waals surface area (Å²) in [7, 11) is 0. The Bertz CT molecular complexity index is 151. The summed E-state index contributed by atoms with van der Waals surface area (Å²) in [6.45, 7) is 7.65. The van der Waals surface area contributed by atoms with Gasteiger partial charge in [-0.1, -0.05) is 20.8 Å². The van der Waals surface area contributed by atoms with Crippen LogP contribution in [0.15, 0.2) is 0 Å². The molecule has 1 amide bonds. The van der Waals surface area contributed by atoms with E-state index in [1.807, 2.05) is 25.7 Å². The van der Waals surface area contributed by atoms with Crippen LogP contribution in [0.3, 0.4) is 0 Å². The maximum atomic E-state index is 11.6. The highest BCUT2D eigenvalue weighted by Gasteiger charge is 2.28.